The van der Waals surface area contributed by atoms with Gasteiger partial charge in [0.25, 0.3) is 5.91 Å². The van der Waals surface area contributed by atoms with Crippen LogP contribution in [0.4, 0.5) is 10.1 Å². The maximum atomic E-state index is 13.1. The Labute approximate surface area is 198 Å². The van der Waals surface area contributed by atoms with Crippen molar-refractivity contribution in [3.63, 3.8) is 0 Å². The number of aryl methyl sites for hydroxylation is 1. The zero-order valence-corrected chi connectivity index (χ0v) is 19.8. The smallest absolute Gasteiger partial charge is 0.324 e. The van der Waals surface area contributed by atoms with E-state index in [0.717, 1.165) is 11.3 Å². The molecule has 1 amide bonds. The van der Waals surface area contributed by atoms with E-state index < -0.39 is 28.6 Å². The van der Waals surface area contributed by atoms with Gasteiger partial charge in [0.15, 0.2) is 6.61 Å². The summed E-state index contributed by atoms with van der Waals surface area (Å²) in [7, 11) is -3.84. The van der Waals surface area contributed by atoms with Gasteiger partial charge in [-0.2, -0.15) is 4.31 Å². The van der Waals surface area contributed by atoms with E-state index in [4.69, 9.17) is 4.74 Å². The molecule has 34 heavy (non-hydrogen) atoms. The standard InChI is InChI=1S/C24H28FN3O5S/c1-18-4-10-21(11-5-18)34(31,32)28-12-2-3-22(28)24(30)33-17-23(29)27-15-13-26(14-16-27)20-8-6-19(25)7-9-20/h4-11,22H,2-3,12-17H2,1H3/t22-/m0/s1. The highest BCUT2D eigenvalue weighted by molar-refractivity contribution is 7.89. The molecule has 0 N–H and O–H groups in total. The lowest BCUT2D eigenvalue weighted by molar-refractivity contribution is -0.154. The number of amides is 1. The van der Waals surface area contributed by atoms with E-state index in [0.29, 0.717) is 39.0 Å². The Morgan fingerprint density at radius 2 is 1.62 bits per heavy atom. The van der Waals surface area contributed by atoms with Crippen molar-refractivity contribution in [2.45, 2.75) is 30.7 Å². The van der Waals surface area contributed by atoms with Gasteiger partial charge in [-0.1, -0.05) is 17.7 Å². The minimum Gasteiger partial charge on any atom is -0.454 e. The van der Waals surface area contributed by atoms with Gasteiger partial charge in [0.1, 0.15) is 11.9 Å². The van der Waals surface area contributed by atoms with Crippen molar-refractivity contribution in [3.05, 3.63) is 59.9 Å². The Morgan fingerprint density at radius 3 is 2.26 bits per heavy atom. The van der Waals surface area contributed by atoms with E-state index in [1.54, 1.807) is 29.2 Å². The molecule has 2 saturated heterocycles. The zero-order valence-electron chi connectivity index (χ0n) is 19.0. The van der Waals surface area contributed by atoms with Crippen LogP contribution in [0, 0.1) is 12.7 Å². The van der Waals surface area contributed by atoms with Crippen LogP contribution in [0.25, 0.3) is 0 Å². The summed E-state index contributed by atoms with van der Waals surface area (Å²) in [5, 5.41) is 0. The van der Waals surface area contributed by atoms with E-state index in [1.807, 2.05) is 6.92 Å². The third-order valence-corrected chi connectivity index (χ3v) is 8.19. The number of hydrogen-bond acceptors (Lipinski definition) is 6. The minimum absolute atomic E-state index is 0.132. The second kappa shape index (κ2) is 10.1. The molecule has 10 heteroatoms. The molecule has 0 aromatic heterocycles. The van der Waals surface area contributed by atoms with Crippen LogP contribution in [0.3, 0.4) is 0 Å². The molecule has 0 radical (unpaired) electrons. The molecule has 2 aromatic rings. The zero-order chi connectivity index (χ0) is 24.3. The van der Waals surface area contributed by atoms with Crippen molar-refractivity contribution in [2.75, 3.05) is 44.2 Å². The maximum absolute atomic E-state index is 13.1. The first-order chi connectivity index (χ1) is 16.3. The molecule has 0 unspecified atom stereocenters. The summed E-state index contributed by atoms with van der Waals surface area (Å²) in [5.74, 6) is -1.32. The fraction of sp³-hybridized carbons (Fsp3) is 0.417. The predicted molar refractivity (Wildman–Crippen MR) is 124 cm³/mol. The summed E-state index contributed by atoms with van der Waals surface area (Å²) in [5.41, 5.74) is 1.82. The quantitative estimate of drug-likeness (QED) is 0.578. The molecule has 8 nitrogen and oxygen atoms in total. The first-order valence-electron chi connectivity index (χ1n) is 11.3. The number of piperazine rings is 1. The van der Waals surface area contributed by atoms with Gasteiger partial charge in [0.2, 0.25) is 10.0 Å². The minimum atomic E-state index is -3.84. The maximum Gasteiger partial charge on any atom is 0.324 e. The van der Waals surface area contributed by atoms with Gasteiger partial charge in [0, 0.05) is 38.4 Å². The molecule has 182 valence electrons. The number of benzene rings is 2. The van der Waals surface area contributed by atoms with Gasteiger partial charge in [0.05, 0.1) is 4.90 Å². The first kappa shape index (κ1) is 24.2. The number of anilines is 1. The number of halogens is 1. The van der Waals surface area contributed by atoms with Crippen LogP contribution >= 0.6 is 0 Å². The molecule has 0 aliphatic carbocycles. The highest BCUT2D eigenvalue weighted by atomic mass is 32.2. The third-order valence-electron chi connectivity index (χ3n) is 6.27. The number of nitrogens with zero attached hydrogens (tertiary/aromatic N) is 3. The van der Waals surface area contributed by atoms with E-state index >= 15 is 0 Å². The lowest BCUT2D eigenvalue weighted by Gasteiger charge is -2.36. The van der Waals surface area contributed by atoms with Crippen LogP contribution in [0.5, 0.6) is 0 Å². The highest BCUT2D eigenvalue weighted by Crippen LogP contribution is 2.27. The number of carbonyl (C=O) groups excluding carboxylic acids is 2. The monoisotopic (exact) mass is 489 g/mol. The van der Waals surface area contributed by atoms with Crippen molar-refractivity contribution in [1.29, 1.82) is 0 Å². The van der Waals surface area contributed by atoms with Gasteiger partial charge in [-0.25, -0.2) is 12.8 Å². The van der Waals surface area contributed by atoms with Crippen LogP contribution in [-0.4, -0.2) is 74.9 Å². The summed E-state index contributed by atoms with van der Waals surface area (Å²) >= 11 is 0. The Kier molecular flexibility index (Phi) is 7.18. The topological polar surface area (TPSA) is 87.2 Å². The molecule has 1 atom stereocenters. The van der Waals surface area contributed by atoms with E-state index in [-0.39, 0.29) is 23.2 Å². The summed E-state index contributed by atoms with van der Waals surface area (Å²) in [6.45, 7) is 3.73. The van der Waals surface area contributed by atoms with Gasteiger partial charge in [-0.15, -0.1) is 0 Å². The predicted octanol–water partition coefficient (Wildman–Crippen LogP) is 2.18. The molecule has 4 rings (SSSR count). The molecule has 2 aromatic carbocycles. The van der Waals surface area contributed by atoms with Crippen LogP contribution < -0.4 is 4.90 Å². The lowest BCUT2D eigenvalue weighted by Crippen LogP contribution is -2.50. The van der Waals surface area contributed by atoms with Crippen molar-refractivity contribution in [3.8, 4) is 0 Å². The Bertz CT molecular complexity index is 1130. The van der Waals surface area contributed by atoms with Crippen LogP contribution in [-0.2, 0) is 24.3 Å². The highest BCUT2D eigenvalue weighted by Gasteiger charge is 2.40. The summed E-state index contributed by atoms with van der Waals surface area (Å²) in [4.78, 5) is 29.1. The second-order valence-corrected chi connectivity index (χ2v) is 10.4. The lowest BCUT2D eigenvalue weighted by atomic mass is 10.2. The SMILES string of the molecule is Cc1ccc(S(=O)(=O)N2CCC[C@H]2C(=O)OCC(=O)N2CCN(c3ccc(F)cc3)CC2)cc1. The van der Waals surface area contributed by atoms with Crippen molar-refractivity contribution < 1.29 is 27.1 Å². The van der Waals surface area contributed by atoms with Gasteiger partial charge in [-0.05, 0) is 56.2 Å². The van der Waals surface area contributed by atoms with Gasteiger partial charge < -0.3 is 14.5 Å². The van der Waals surface area contributed by atoms with Gasteiger partial charge >= 0.3 is 5.97 Å². The van der Waals surface area contributed by atoms with E-state index in [2.05, 4.69) is 4.90 Å². The Morgan fingerprint density at radius 1 is 0.971 bits per heavy atom. The molecule has 0 bridgehead atoms. The average molecular weight is 490 g/mol. The summed E-state index contributed by atoms with van der Waals surface area (Å²) in [6.07, 6.45) is 0.901. The Balaban J connectivity index is 1.30. The van der Waals surface area contributed by atoms with Crippen LogP contribution in [0.15, 0.2) is 53.4 Å². The van der Waals surface area contributed by atoms with Crippen molar-refractivity contribution in [1.82, 2.24) is 9.21 Å². The van der Waals surface area contributed by atoms with Crippen molar-refractivity contribution in [2.24, 2.45) is 0 Å². The molecular formula is C24H28FN3O5S. The largest absolute Gasteiger partial charge is 0.454 e. The average Bonchev–Trinajstić information content (AvgIpc) is 3.34. The first-order valence-corrected chi connectivity index (χ1v) is 12.7. The number of hydrogen-bond donors (Lipinski definition) is 0. The number of esters is 1. The van der Waals surface area contributed by atoms with E-state index in [1.165, 1.54) is 28.6 Å². The fourth-order valence-corrected chi connectivity index (χ4v) is 5.94. The molecule has 0 spiro atoms. The Hall–Kier alpha value is -2.98. The second-order valence-electron chi connectivity index (χ2n) is 8.54. The van der Waals surface area contributed by atoms with Gasteiger partial charge in [-0.3, -0.25) is 9.59 Å². The van der Waals surface area contributed by atoms with Crippen molar-refractivity contribution >= 4 is 27.6 Å². The summed E-state index contributed by atoms with van der Waals surface area (Å²) < 4.78 is 45.6. The van der Waals surface area contributed by atoms with Crippen LogP contribution in [0.1, 0.15) is 18.4 Å². The molecule has 0 saturated carbocycles. The normalized spacial score (nSPS) is 19.3. The molecule has 2 heterocycles. The summed E-state index contributed by atoms with van der Waals surface area (Å²) in [6, 6.07) is 11.7. The molecule has 2 aliphatic rings. The van der Waals surface area contributed by atoms with Crippen LogP contribution in [0.2, 0.25) is 0 Å². The number of carbonyl (C=O) groups is 2. The molecule has 2 fully saturated rings. The molecule has 2 aliphatic heterocycles. The molecular weight excluding hydrogens is 461 g/mol. The number of ether oxygens (including phenoxy) is 1. The fourth-order valence-electron chi connectivity index (χ4n) is 4.30. The number of rotatable bonds is 6. The van der Waals surface area contributed by atoms with E-state index in [9.17, 15) is 22.4 Å². The number of sulfonamides is 1. The third kappa shape index (κ3) is 5.23.